The van der Waals surface area contributed by atoms with Crippen LogP contribution in [0.25, 0.3) is 0 Å². The smallest absolute Gasteiger partial charge is 0.135 e. The lowest BCUT2D eigenvalue weighted by Gasteiger charge is -2.13. The molecule has 2 nitrogen and oxygen atoms in total. The van der Waals surface area contributed by atoms with Crippen LogP contribution in [0.15, 0.2) is 0 Å². The van der Waals surface area contributed by atoms with Crippen LogP contribution < -0.4 is 5.73 Å². The van der Waals surface area contributed by atoms with E-state index in [1.807, 2.05) is 0 Å². The molecule has 84 valence electrons. The lowest BCUT2D eigenvalue weighted by Crippen LogP contribution is -2.14. The molecule has 1 atom stereocenters. The Morgan fingerprint density at radius 3 is 2.21 bits per heavy atom. The van der Waals surface area contributed by atoms with Crippen molar-refractivity contribution in [2.75, 3.05) is 6.54 Å². The molecule has 0 heterocycles. The molecule has 2 N–H and O–H groups in total. The summed E-state index contributed by atoms with van der Waals surface area (Å²) in [6.07, 6.45) is 4.76. The standard InChI is InChI=1S/C12H25NO/c1-4-11(5-2)12(14)7-6-10(3)8-9-13/h10-11H,4-9,13H2,1-3H3. The molecule has 0 amide bonds. The molecule has 0 aliphatic heterocycles. The van der Waals surface area contributed by atoms with Gasteiger partial charge in [-0.3, -0.25) is 4.79 Å². The molecular weight excluding hydrogens is 174 g/mol. The summed E-state index contributed by atoms with van der Waals surface area (Å²) in [5.74, 6) is 1.33. The van der Waals surface area contributed by atoms with Crippen LogP contribution in [0.5, 0.6) is 0 Å². The first-order valence-electron chi connectivity index (χ1n) is 5.88. The van der Waals surface area contributed by atoms with Gasteiger partial charge in [-0.05, 0) is 38.1 Å². The van der Waals surface area contributed by atoms with Crippen molar-refractivity contribution in [2.24, 2.45) is 17.6 Å². The van der Waals surface area contributed by atoms with E-state index in [0.717, 1.165) is 38.6 Å². The second kappa shape index (κ2) is 7.98. The quantitative estimate of drug-likeness (QED) is 0.653. The fraction of sp³-hybridized carbons (Fsp3) is 0.917. The number of carbonyl (C=O) groups is 1. The molecule has 1 unspecified atom stereocenters. The third-order valence-corrected chi connectivity index (χ3v) is 2.98. The van der Waals surface area contributed by atoms with Crippen LogP contribution >= 0.6 is 0 Å². The molecule has 14 heavy (non-hydrogen) atoms. The first-order chi connectivity index (χ1) is 6.65. The number of hydrogen-bond acceptors (Lipinski definition) is 2. The van der Waals surface area contributed by atoms with E-state index >= 15 is 0 Å². The third-order valence-electron chi connectivity index (χ3n) is 2.98. The molecule has 0 aliphatic carbocycles. The van der Waals surface area contributed by atoms with Crippen LogP contribution in [-0.4, -0.2) is 12.3 Å². The Morgan fingerprint density at radius 2 is 1.79 bits per heavy atom. The predicted octanol–water partition coefficient (Wildman–Crippen LogP) is 2.76. The zero-order chi connectivity index (χ0) is 11.0. The summed E-state index contributed by atoms with van der Waals surface area (Å²) in [6, 6.07) is 0. The first kappa shape index (κ1) is 13.6. The zero-order valence-corrected chi connectivity index (χ0v) is 9.88. The Labute approximate surface area is 88.3 Å². The van der Waals surface area contributed by atoms with Crippen molar-refractivity contribution in [3.05, 3.63) is 0 Å². The van der Waals surface area contributed by atoms with E-state index < -0.39 is 0 Å². The van der Waals surface area contributed by atoms with Crippen LogP contribution in [0, 0.1) is 11.8 Å². The minimum Gasteiger partial charge on any atom is -0.330 e. The number of nitrogens with two attached hydrogens (primary N) is 1. The predicted molar refractivity (Wildman–Crippen MR) is 61.1 cm³/mol. The van der Waals surface area contributed by atoms with Gasteiger partial charge in [-0.1, -0.05) is 20.8 Å². The van der Waals surface area contributed by atoms with Crippen molar-refractivity contribution in [1.82, 2.24) is 0 Å². The molecule has 2 heteroatoms. The summed E-state index contributed by atoms with van der Waals surface area (Å²) in [4.78, 5) is 11.7. The summed E-state index contributed by atoms with van der Waals surface area (Å²) in [7, 11) is 0. The van der Waals surface area contributed by atoms with Crippen molar-refractivity contribution in [3.8, 4) is 0 Å². The highest BCUT2D eigenvalue weighted by atomic mass is 16.1. The topological polar surface area (TPSA) is 43.1 Å². The first-order valence-corrected chi connectivity index (χ1v) is 5.88. The molecule has 0 saturated heterocycles. The van der Waals surface area contributed by atoms with Crippen LogP contribution in [-0.2, 0) is 4.79 Å². The van der Waals surface area contributed by atoms with Crippen molar-refractivity contribution in [2.45, 2.75) is 52.9 Å². The molecular formula is C12H25NO. The molecule has 0 rings (SSSR count). The largest absolute Gasteiger partial charge is 0.330 e. The number of carbonyl (C=O) groups excluding carboxylic acids is 1. The van der Waals surface area contributed by atoms with E-state index in [9.17, 15) is 4.79 Å². The van der Waals surface area contributed by atoms with Crippen LogP contribution in [0.1, 0.15) is 52.9 Å². The van der Waals surface area contributed by atoms with Crippen molar-refractivity contribution >= 4 is 5.78 Å². The van der Waals surface area contributed by atoms with Gasteiger partial charge in [0.25, 0.3) is 0 Å². The SMILES string of the molecule is CCC(CC)C(=O)CCC(C)CCN. The fourth-order valence-corrected chi connectivity index (χ4v) is 1.77. The number of ketones is 1. The summed E-state index contributed by atoms with van der Waals surface area (Å²) >= 11 is 0. The monoisotopic (exact) mass is 199 g/mol. The van der Waals surface area contributed by atoms with E-state index in [0.29, 0.717) is 17.6 Å². The lowest BCUT2D eigenvalue weighted by molar-refractivity contribution is -0.123. The summed E-state index contributed by atoms with van der Waals surface area (Å²) in [5, 5.41) is 0. The zero-order valence-electron chi connectivity index (χ0n) is 9.88. The van der Waals surface area contributed by atoms with Crippen molar-refractivity contribution in [3.63, 3.8) is 0 Å². The molecule has 0 saturated carbocycles. The van der Waals surface area contributed by atoms with E-state index in [1.54, 1.807) is 0 Å². The highest BCUT2D eigenvalue weighted by Gasteiger charge is 2.14. The molecule has 0 aliphatic rings. The van der Waals surface area contributed by atoms with Crippen molar-refractivity contribution in [1.29, 1.82) is 0 Å². The van der Waals surface area contributed by atoms with Gasteiger partial charge in [0.15, 0.2) is 0 Å². The highest BCUT2D eigenvalue weighted by molar-refractivity contribution is 5.80. The molecule has 0 fully saturated rings. The van der Waals surface area contributed by atoms with Crippen LogP contribution in [0.3, 0.4) is 0 Å². The average molecular weight is 199 g/mol. The molecule has 0 radical (unpaired) electrons. The number of hydrogen-bond donors (Lipinski definition) is 1. The Bertz CT molecular complexity index is 152. The Morgan fingerprint density at radius 1 is 1.21 bits per heavy atom. The summed E-state index contributed by atoms with van der Waals surface area (Å²) < 4.78 is 0. The molecule has 0 aromatic rings. The Balaban J connectivity index is 3.71. The Hall–Kier alpha value is -0.370. The van der Waals surface area contributed by atoms with Crippen molar-refractivity contribution < 1.29 is 4.79 Å². The Kier molecular flexibility index (Phi) is 7.77. The van der Waals surface area contributed by atoms with Gasteiger partial charge in [0.1, 0.15) is 5.78 Å². The van der Waals surface area contributed by atoms with Gasteiger partial charge in [-0.15, -0.1) is 0 Å². The minimum absolute atomic E-state index is 0.292. The summed E-state index contributed by atoms with van der Waals surface area (Å²) in [5.41, 5.74) is 5.46. The molecule has 0 bridgehead atoms. The lowest BCUT2D eigenvalue weighted by atomic mass is 9.91. The summed E-state index contributed by atoms with van der Waals surface area (Å²) in [6.45, 7) is 7.10. The highest BCUT2D eigenvalue weighted by Crippen LogP contribution is 2.16. The van der Waals surface area contributed by atoms with E-state index in [2.05, 4.69) is 20.8 Å². The van der Waals surface area contributed by atoms with Gasteiger partial charge in [0.2, 0.25) is 0 Å². The average Bonchev–Trinajstić information content (AvgIpc) is 2.17. The fourth-order valence-electron chi connectivity index (χ4n) is 1.77. The van der Waals surface area contributed by atoms with E-state index in [1.165, 1.54) is 0 Å². The number of rotatable bonds is 8. The second-order valence-corrected chi connectivity index (χ2v) is 4.20. The van der Waals surface area contributed by atoms with Crippen LogP contribution in [0.4, 0.5) is 0 Å². The van der Waals surface area contributed by atoms with E-state index in [-0.39, 0.29) is 0 Å². The van der Waals surface area contributed by atoms with Gasteiger partial charge >= 0.3 is 0 Å². The van der Waals surface area contributed by atoms with Gasteiger partial charge in [-0.2, -0.15) is 0 Å². The maximum atomic E-state index is 11.7. The molecule has 0 spiro atoms. The normalized spacial score (nSPS) is 13.2. The maximum absolute atomic E-state index is 11.7. The molecule has 0 aromatic carbocycles. The third kappa shape index (κ3) is 5.38. The maximum Gasteiger partial charge on any atom is 0.135 e. The second-order valence-electron chi connectivity index (χ2n) is 4.20. The van der Waals surface area contributed by atoms with Gasteiger partial charge in [0, 0.05) is 12.3 Å². The van der Waals surface area contributed by atoms with Gasteiger partial charge < -0.3 is 5.73 Å². The van der Waals surface area contributed by atoms with Gasteiger partial charge in [0.05, 0.1) is 0 Å². The van der Waals surface area contributed by atoms with E-state index in [4.69, 9.17) is 5.73 Å². The minimum atomic E-state index is 0.292. The van der Waals surface area contributed by atoms with Crippen LogP contribution in [0.2, 0.25) is 0 Å². The molecule has 0 aromatic heterocycles. The van der Waals surface area contributed by atoms with Gasteiger partial charge in [-0.25, -0.2) is 0 Å². The number of Topliss-reactive ketones (excluding diaryl/α,β-unsaturated/α-hetero) is 1.